The van der Waals surface area contributed by atoms with Gasteiger partial charge in [0, 0.05) is 17.0 Å². The third-order valence-corrected chi connectivity index (χ3v) is 7.47. The Balaban J connectivity index is 0.000000333. The highest BCUT2D eigenvalue weighted by Gasteiger charge is 2.67. The summed E-state index contributed by atoms with van der Waals surface area (Å²) in [7, 11) is 0. The number of benzene rings is 2. The van der Waals surface area contributed by atoms with E-state index in [0.717, 1.165) is 16.9 Å². The zero-order valence-corrected chi connectivity index (χ0v) is 22.0. The van der Waals surface area contributed by atoms with Crippen LogP contribution in [0.1, 0.15) is 36.5 Å². The first-order valence-electron chi connectivity index (χ1n) is 12.6. The van der Waals surface area contributed by atoms with Gasteiger partial charge in [-0.25, -0.2) is 4.79 Å². The summed E-state index contributed by atoms with van der Waals surface area (Å²) in [6.45, 7) is 1.78. The molecule has 2 bridgehead atoms. The maximum atomic E-state index is 10.7. The summed E-state index contributed by atoms with van der Waals surface area (Å²) in [5.74, 6) is -2.03. The monoisotopic (exact) mass is 565 g/mol. The molecule has 2 aromatic rings. The quantitative estimate of drug-likeness (QED) is 0.280. The number of carboxylic acids is 1. The van der Waals surface area contributed by atoms with Crippen molar-refractivity contribution in [1.82, 2.24) is 5.32 Å². The maximum absolute atomic E-state index is 10.7. The van der Waals surface area contributed by atoms with E-state index in [2.05, 4.69) is 5.32 Å². The summed E-state index contributed by atoms with van der Waals surface area (Å²) < 4.78 is 17.1. The Morgan fingerprint density at radius 1 is 1.15 bits per heavy atom. The Kier molecular flexibility index (Phi) is 8.82. The Hall–Kier alpha value is -2.77. The molecule has 212 valence electrons. The average Bonchev–Trinajstić information content (AvgIpc) is 3.54. The molecule has 0 saturated carbocycles. The fourth-order valence-electron chi connectivity index (χ4n) is 4.89. The van der Waals surface area contributed by atoms with E-state index < -0.39 is 48.3 Å². The van der Waals surface area contributed by atoms with Gasteiger partial charge in [0.1, 0.15) is 35.7 Å². The molecule has 0 aliphatic carbocycles. The molecular formula is C27H32ClNO10. The van der Waals surface area contributed by atoms with Gasteiger partial charge in [-0.2, -0.15) is 0 Å². The van der Waals surface area contributed by atoms with Gasteiger partial charge in [-0.15, -0.1) is 0 Å². The van der Waals surface area contributed by atoms with Crippen LogP contribution in [0.2, 0.25) is 5.02 Å². The van der Waals surface area contributed by atoms with Gasteiger partial charge in [0.25, 0.3) is 0 Å². The van der Waals surface area contributed by atoms with Gasteiger partial charge < -0.3 is 45.1 Å². The minimum atomic E-state index is -1.71. The molecule has 39 heavy (non-hydrogen) atoms. The number of carboxylic acid groups (broad SMARTS) is 1. The van der Waals surface area contributed by atoms with E-state index in [1.165, 1.54) is 0 Å². The van der Waals surface area contributed by atoms with Crippen LogP contribution < -0.4 is 10.1 Å². The standard InChI is InChI=1S/C22H25ClO7.C5H7NO3/c1-2-28-16-6-3-13(4-7-16)9-14-10-15(5-8-17(14)23)22-20(27)18(25)19(26)21(11-24,30-22)12-29-22;7-4-2-1-3(6-4)5(8)9/h3-8,10,18-20,24-27H,2,9,11-12H2,1H3;3H,1-2H2,(H,6,7)(H,8,9). The van der Waals surface area contributed by atoms with Crippen molar-refractivity contribution in [2.24, 2.45) is 0 Å². The highest BCUT2D eigenvalue weighted by molar-refractivity contribution is 6.31. The normalized spacial score (nSPS) is 31.3. The molecule has 5 rings (SSSR count). The largest absolute Gasteiger partial charge is 0.494 e. The van der Waals surface area contributed by atoms with Crippen LogP contribution in [0.4, 0.5) is 0 Å². The van der Waals surface area contributed by atoms with Crippen molar-refractivity contribution in [2.45, 2.75) is 61.9 Å². The van der Waals surface area contributed by atoms with Crippen LogP contribution >= 0.6 is 11.6 Å². The van der Waals surface area contributed by atoms with Crippen LogP contribution in [-0.4, -0.2) is 87.2 Å². The molecule has 3 aliphatic rings. The molecule has 0 radical (unpaired) electrons. The van der Waals surface area contributed by atoms with Crippen LogP contribution in [0.25, 0.3) is 0 Å². The second-order valence-electron chi connectivity index (χ2n) is 9.72. The van der Waals surface area contributed by atoms with Crippen LogP contribution in [0.5, 0.6) is 5.75 Å². The number of fused-ring (bicyclic) bond motifs is 2. The Morgan fingerprint density at radius 2 is 1.87 bits per heavy atom. The highest BCUT2D eigenvalue weighted by atomic mass is 35.5. The number of hydrogen-bond acceptors (Lipinski definition) is 9. The molecule has 3 heterocycles. The number of rotatable bonds is 7. The van der Waals surface area contributed by atoms with E-state index in [4.69, 9.17) is 30.9 Å². The summed E-state index contributed by atoms with van der Waals surface area (Å²) >= 11 is 6.41. The number of hydrogen-bond donors (Lipinski definition) is 6. The van der Waals surface area contributed by atoms with Crippen molar-refractivity contribution in [3.05, 3.63) is 64.2 Å². The molecular weight excluding hydrogens is 534 g/mol. The first-order valence-corrected chi connectivity index (χ1v) is 12.9. The van der Waals surface area contributed by atoms with E-state index in [9.17, 15) is 30.0 Å². The van der Waals surface area contributed by atoms with Gasteiger partial charge in [-0.1, -0.05) is 29.8 Å². The van der Waals surface area contributed by atoms with Gasteiger partial charge in [0.05, 0.1) is 19.8 Å². The highest BCUT2D eigenvalue weighted by Crippen LogP contribution is 2.49. The number of aliphatic carboxylic acids is 1. The van der Waals surface area contributed by atoms with Gasteiger partial charge in [0.15, 0.2) is 0 Å². The molecule has 6 atom stereocenters. The minimum Gasteiger partial charge on any atom is -0.494 e. The van der Waals surface area contributed by atoms with Crippen LogP contribution in [0.3, 0.4) is 0 Å². The first-order chi connectivity index (χ1) is 18.5. The topological polar surface area (TPSA) is 175 Å². The molecule has 1 amide bonds. The SMILES string of the molecule is CCOc1ccc(Cc2cc(C34OCC(CO)(O3)C(O)C(O)C4O)ccc2Cl)cc1.O=C1CCC(C(=O)O)N1. The number of nitrogens with one attached hydrogen (secondary N) is 1. The Labute approximate surface area is 229 Å². The predicted octanol–water partition coefficient (Wildman–Crippen LogP) is 0.706. The third-order valence-electron chi connectivity index (χ3n) is 7.10. The van der Waals surface area contributed by atoms with Gasteiger partial charge >= 0.3 is 5.97 Å². The first kappa shape index (κ1) is 29.2. The molecule has 0 spiro atoms. The van der Waals surface area contributed by atoms with Crippen LogP contribution in [0, 0.1) is 0 Å². The maximum Gasteiger partial charge on any atom is 0.326 e. The zero-order chi connectivity index (χ0) is 28.4. The van der Waals surface area contributed by atoms with Gasteiger partial charge in [-0.3, -0.25) is 4.79 Å². The van der Waals surface area contributed by atoms with Gasteiger partial charge in [0.2, 0.25) is 11.7 Å². The zero-order valence-electron chi connectivity index (χ0n) is 21.2. The number of amides is 1. The molecule has 0 aromatic heterocycles. The molecule has 3 saturated heterocycles. The van der Waals surface area contributed by atoms with E-state index >= 15 is 0 Å². The van der Waals surface area contributed by atoms with Crippen LogP contribution in [-0.2, 0) is 31.3 Å². The third kappa shape index (κ3) is 5.75. The van der Waals surface area contributed by atoms with E-state index in [-0.39, 0.29) is 12.5 Å². The number of ether oxygens (including phenoxy) is 3. The fourth-order valence-corrected chi connectivity index (χ4v) is 5.08. The second-order valence-corrected chi connectivity index (χ2v) is 10.1. The number of carbonyl (C=O) groups is 2. The number of aliphatic hydroxyl groups excluding tert-OH is 4. The van der Waals surface area contributed by atoms with Crippen molar-refractivity contribution in [2.75, 3.05) is 19.8 Å². The lowest BCUT2D eigenvalue weighted by Gasteiger charge is -2.46. The summed E-state index contributed by atoms with van der Waals surface area (Å²) in [6, 6.07) is 12.1. The molecule has 2 aromatic carbocycles. The van der Waals surface area contributed by atoms with E-state index in [0.29, 0.717) is 36.5 Å². The molecule has 6 unspecified atom stereocenters. The Morgan fingerprint density at radius 3 is 2.44 bits per heavy atom. The number of aliphatic hydroxyl groups is 4. The lowest BCUT2D eigenvalue weighted by molar-refractivity contribution is -0.329. The fraction of sp³-hybridized carbons (Fsp3) is 0.481. The Bertz CT molecular complexity index is 1190. The summed E-state index contributed by atoms with van der Waals surface area (Å²) in [5.41, 5.74) is 0.719. The average molecular weight is 566 g/mol. The molecule has 6 N–H and O–H groups in total. The predicted molar refractivity (Wildman–Crippen MR) is 137 cm³/mol. The number of halogens is 1. The molecule has 12 heteroatoms. The van der Waals surface area contributed by atoms with Crippen molar-refractivity contribution in [3.63, 3.8) is 0 Å². The van der Waals surface area contributed by atoms with Crippen molar-refractivity contribution < 1.29 is 49.3 Å². The second kappa shape index (κ2) is 11.8. The lowest BCUT2D eigenvalue weighted by atomic mass is 9.83. The van der Waals surface area contributed by atoms with Crippen molar-refractivity contribution in [3.8, 4) is 5.75 Å². The smallest absolute Gasteiger partial charge is 0.326 e. The molecule has 3 aliphatic heterocycles. The van der Waals surface area contributed by atoms with Crippen molar-refractivity contribution in [1.29, 1.82) is 0 Å². The minimum absolute atomic E-state index is 0.164. The van der Waals surface area contributed by atoms with Crippen LogP contribution in [0.15, 0.2) is 42.5 Å². The summed E-state index contributed by atoms with van der Waals surface area (Å²) in [4.78, 5) is 20.5. The lowest BCUT2D eigenvalue weighted by Crippen LogP contribution is -2.65. The van der Waals surface area contributed by atoms with E-state index in [1.807, 2.05) is 31.2 Å². The molecule has 11 nitrogen and oxygen atoms in total. The number of carbonyl (C=O) groups excluding carboxylic acids is 1. The van der Waals surface area contributed by atoms with Crippen molar-refractivity contribution >= 4 is 23.5 Å². The van der Waals surface area contributed by atoms with Gasteiger partial charge in [-0.05, 0) is 55.2 Å². The summed E-state index contributed by atoms with van der Waals surface area (Å²) in [5, 5.41) is 52.3. The molecule has 3 fully saturated rings. The summed E-state index contributed by atoms with van der Waals surface area (Å²) in [6.07, 6.45) is -3.29. The van der Waals surface area contributed by atoms with E-state index in [1.54, 1.807) is 18.2 Å².